The second-order valence-corrected chi connectivity index (χ2v) is 2.74. The Balaban J connectivity index is 2.82. The highest BCUT2D eigenvalue weighted by molar-refractivity contribution is 5.98. The maximum absolute atomic E-state index is 10.7. The van der Waals surface area contributed by atoms with E-state index in [1.165, 1.54) is 6.20 Å². The predicted octanol–water partition coefficient (Wildman–Crippen LogP) is 1.83. The van der Waals surface area contributed by atoms with Gasteiger partial charge in [0.05, 0.1) is 0 Å². The molecule has 0 aliphatic carbocycles. The van der Waals surface area contributed by atoms with Crippen molar-refractivity contribution < 1.29 is 14.3 Å². The Morgan fingerprint density at radius 1 is 1.62 bits per heavy atom. The second-order valence-electron chi connectivity index (χ2n) is 2.74. The van der Waals surface area contributed by atoms with E-state index in [1.807, 2.05) is 0 Å². The Hall–Kier alpha value is -1.84. The van der Waals surface area contributed by atoms with Gasteiger partial charge in [-0.05, 0) is 19.1 Å². The highest BCUT2D eigenvalue weighted by Crippen LogP contribution is 2.20. The average Bonchev–Trinajstić information content (AvgIpc) is 2.43. The molecule has 2 rings (SSSR count). The first-order chi connectivity index (χ1) is 6.18. The molecule has 13 heavy (non-hydrogen) atoms. The molecule has 0 atom stereocenters. The highest BCUT2D eigenvalue weighted by atomic mass is 16.4. The summed E-state index contributed by atoms with van der Waals surface area (Å²) >= 11 is 0. The Labute approximate surface area is 73.8 Å². The van der Waals surface area contributed by atoms with Crippen molar-refractivity contribution in [3.05, 3.63) is 29.8 Å². The van der Waals surface area contributed by atoms with Crippen LogP contribution in [0.15, 0.2) is 22.7 Å². The fraction of sp³-hybridized carbons (Fsp3) is 0.111. The number of aromatic nitrogens is 1. The smallest absolute Gasteiger partial charge is 0.358 e. The molecule has 0 spiro atoms. The molecule has 0 aliphatic rings. The van der Waals surface area contributed by atoms with E-state index < -0.39 is 5.97 Å². The zero-order valence-corrected chi connectivity index (χ0v) is 6.94. The maximum atomic E-state index is 10.7. The van der Waals surface area contributed by atoms with E-state index in [-0.39, 0.29) is 5.69 Å². The molecule has 4 nitrogen and oxygen atoms in total. The number of aryl methyl sites for hydroxylation is 1. The predicted molar refractivity (Wildman–Crippen MR) is 45.7 cm³/mol. The maximum Gasteiger partial charge on any atom is 0.358 e. The summed E-state index contributed by atoms with van der Waals surface area (Å²) in [4.78, 5) is 14.4. The van der Waals surface area contributed by atoms with Gasteiger partial charge in [-0.25, -0.2) is 9.78 Å². The van der Waals surface area contributed by atoms with Gasteiger partial charge < -0.3 is 9.52 Å². The van der Waals surface area contributed by atoms with E-state index in [1.54, 1.807) is 19.1 Å². The van der Waals surface area contributed by atoms with Crippen LogP contribution in [0.3, 0.4) is 0 Å². The molecule has 2 heterocycles. The normalized spacial score (nSPS) is 10.5. The van der Waals surface area contributed by atoms with Crippen LogP contribution in [0.25, 0.3) is 11.0 Å². The standard InChI is InChI=1S/C9H7NO3/c1-5-4-6-2-3-10-7(9(11)12)8(6)13-5/h2-4H,1H3,(H,11,12). The number of rotatable bonds is 1. The third kappa shape index (κ3) is 1.16. The van der Waals surface area contributed by atoms with Crippen LogP contribution in [-0.2, 0) is 0 Å². The lowest BCUT2D eigenvalue weighted by Crippen LogP contribution is -1.99. The van der Waals surface area contributed by atoms with Crippen LogP contribution in [0, 0.1) is 6.92 Å². The van der Waals surface area contributed by atoms with Crippen LogP contribution in [-0.4, -0.2) is 16.1 Å². The third-order valence-corrected chi connectivity index (χ3v) is 1.76. The Kier molecular flexibility index (Phi) is 1.55. The fourth-order valence-electron chi connectivity index (χ4n) is 1.25. The first kappa shape index (κ1) is 7.79. The molecule has 66 valence electrons. The first-order valence-electron chi connectivity index (χ1n) is 3.77. The monoisotopic (exact) mass is 177 g/mol. The fourth-order valence-corrected chi connectivity index (χ4v) is 1.25. The van der Waals surface area contributed by atoms with Crippen molar-refractivity contribution in [3.8, 4) is 0 Å². The molecule has 0 unspecified atom stereocenters. The van der Waals surface area contributed by atoms with Gasteiger partial charge in [-0.1, -0.05) is 0 Å². The topological polar surface area (TPSA) is 63.3 Å². The number of nitrogens with zero attached hydrogens (tertiary/aromatic N) is 1. The Morgan fingerprint density at radius 2 is 2.38 bits per heavy atom. The highest BCUT2D eigenvalue weighted by Gasteiger charge is 2.13. The van der Waals surface area contributed by atoms with Gasteiger partial charge in [-0.15, -0.1) is 0 Å². The Bertz CT molecular complexity index is 473. The molecule has 0 aliphatic heterocycles. The summed E-state index contributed by atoms with van der Waals surface area (Å²) in [5.74, 6) is -0.384. The van der Waals surface area contributed by atoms with Gasteiger partial charge in [0.1, 0.15) is 5.76 Å². The lowest BCUT2D eigenvalue weighted by molar-refractivity contribution is 0.0691. The molecule has 0 saturated heterocycles. The summed E-state index contributed by atoms with van der Waals surface area (Å²) in [6, 6.07) is 3.50. The molecule has 4 heteroatoms. The van der Waals surface area contributed by atoms with Crippen molar-refractivity contribution in [1.29, 1.82) is 0 Å². The third-order valence-electron chi connectivity index (χ3n) is 1.76. The van der Waals surface area contributed by atoms with E-state index in [0.717, 1.165) is 5.39 Å². The summed E-state index contributed by atoms with van der Waals surface area (Å²) in [5.41, 5.74) is 0.304. The van der Waals surface area contributed by atoms with E-state index in [9.17, 15) is 4.79 Å². The van der Waals surface area contributed by atoms with Crippen LogP contribution >= 0.6 is 0 Å². The molecule has 2 aromatic rings. The number of pyridine rings is 1. The van der Waals surface area contributed by atoms with Crippen LogP contribution in [0.1, 0.15) is 16.2 Å². The van der Waals surface area contributed by atoms with Crippen LogP contribution in [0.2, 0.25) is 0 Å². The number of furan rings is 1. The summed E-state index contributed by atoms with van der Waals surface area (Å²) in [6.45, 7) is 1.77. The van der Waals surface area contributed by atoms with Gasteiger partial charge in [-0.2, -0.15) is 0 Å². The van der Waals surface area contributed by atoms with Crippen molar-refractivity contribution in [1.82, 2.24) is 4.98 Å². The molecule has 0 fully saturated rings. The molecule has 0 bridgehead atoms. The lowest BCUT2D eigenvalue weighted by atomic mass is 10.2. The summed E-state index contributed by atoms with van der Waals surface area (Å²) in [7, 11) is 0. The minimum Gasteiger partial charge on any atom is -0.476 e. The van der Waals surface area contributed by atoms with Gasteiger partial charge in [0.2, 0.25) is 0 Å². The largest absolute Gasteiger partial charge is 0.476 e. The molecule has 0 aromatic carbocycles. The lowest BCUT2D eigenvalue weighted by Gasteiger charge is -1.92. The zero-order valence-electron chi connectivity index (χ0n) is 6.94. The quantitative estimate of drug-likeness (QED) is 0.721. The van der Waals surface area contributed by atoms with Crippen molar-refractivity contribution in [3.63, 3.8) is 0 Å². The number of carbonyl (C=O) groups is 1. The number of hydrogen-bond acceptors (Lipinski definition) is 3. The molecule has 0 amide bonds. The van der Waals surface area contributed by atoms with Gasteiger partial charge in [0.25, 0.3) is 0 Å². The Morgan fingerprint density at radius 3 is 3.08 bits per heavy atom. The van der Waals surface area contributed by atoms with Crippen molar-refractivity contribution >= 4 is 16.9 Å². The zero-order chi connectivity index (χ0) is 9.42. The number of aromatic carboxylic acids is 1. The average molecular weight is 177 g/mol. The molecule has 2 aromatic heterocycles. The van der Waals surface area contributed by atoms with Crippen LogP contribution < -0.4 is 0 Å². The number of hydrogen-bond donors (Lipinski definition) is 1. The van der Waals surface area contributed by atoms with Crippen molar-refractivity contribution in [2.75, 3.05) is 0 Å². The minimum atomic E-state index is -1.07. The van der Waals surface area contributed by atoms with E-state index in [4.69, 9.17) is 9.52 Å². The molecule has 0 saturated carbocycles. The molecule has 0 radical (unpaired) electrons. The minimum absolute atomic E-state index is 0.0365. The molecular formula is C9H7NO3. The van der Waals surface area contributed by atoms with Gasteiger partial charge in [0.15, 0.2) is 11.3 Å². The molecular weight excluding hydrogens is 170 g/mol. The van der Waals surface area contributed by atoms with Gasteiger partial charge >= 0.3 is 5.97 Å². The number of carboxylic acids is 1. The SMILES string of the molecule is Cc1cc2ccnc(C(=O)O)c2o1. The summed E-state index contributed by atoms with van der Waals surface area (Å²) in [6.07, 6.45) is 1.46. The van der Waals surface area contributed by atoms with E-state index in [0.29, 0.717) is 11.3 Å². The van der Waals surface area contributed by atoms with Gasteiger partial charge in [-0.3, -0.25) is 0 Å². The van der Waals surface area contributed by atoms with Gasteiger partial charge in [0, 0.05) is 11.6 Å². The molecule has 1 N–H and O–H groups in total. The van der Waals surface area contributed by atoms with Crippen LogP contribution in [0.4, 0.5) is 0 Å². The van der Waals surface area contributed by atoms with E-state index >= 15 is 0 Å². The van der Waals surface area contributed by atoms with Crippen LogP contribution in [0.5, 0.6) is 0 Å². The summed E-state index contributed by atoms with van der Waals surface area (Å²) < 4.78 is 5.22. The van der Waals surface area contributed by atoms with Crippen molar-refractivity contribution in [2.45, 2.75) is 6.92 Å². The van der Waals surface area contributed by atoms with E-state index in [2.05, 4.69) is 4.98 Å². The summed E-state index contributed by atoms with van der Waals surface area (Å²) in [5, 5.41) is 9.54. The first-order valence-corrected chi connectivity index (χ1v) is 3.77. The number of fused-ring (bicyclic) bond motifs is 1. The number of carboxylic acid groups (broad SMARTS) is 1. The second kappa shape index (κ2) is 2.58. The van der Waals surface area contributed by atoms with Crippen molar-refractivity contribution in [2.24, 2.45) is 0 Å².